The fourth-order valence-electron chi connectivity index (χ4n) is 3.34. The maximum absolute atomic E-state index is 10.9. The zero-order valence-electron chi connectivity index (χ0n) is 15.2. The fraction of sp³-hybridized carbons (Fsp3) is 0.100. The van der Waals surface area contributed by atoms with Crippen LogP contribution in [0.15, 0.2) is 64.9 Å². The molecule has 0 unspecified atom stereocenters. The summed E-state index contributed by atoms with van der Waals surface area (Å²) < 4.78 is 5.58. The van der Waals surface area contributed by atoms with E-state index in [0.717, 1.165) is 10.5 Å². The Morgan fingerprint density at radius 2 is 1.93 bits per heavy atom. The lowest BCUT2D eigenvalue weighted by Gasteiger charge is -2.24. The molecule has 0 radical (unpaired) electrons. The molecular formula is C20H15N5O3S. The van der Waals surface area contributed by atoms with E-state index in [4.69, 9.17) is 10.5 Å². The lowest BCUT2D eigenvalue weighted by atomic mass is 9.83. The summed E-state index contributed by atoms with van der Waals surface area (Å²) in [6.07, 6.45) is 1.99. The minimum absolute atomic E-state index is 0.00978. The van der Waals surface area contributed by atoms with Gasteiger partial charge in [-0.3, -0.25) is 15.2 Å². The molecule has 0 spiro atoms. The second-order valence-corrected chi connectivity index (χ2v) is 7.20. The van der Waals surface area contributed by atoms with E-state index in [0.29, 0.717) is 22.4 Å². The summed E-state index contributed by atoms with van der Waals surface area (Å²) in [5.74, 6) is -0.168. The molecular weight excluding hydrogens is 390 g/mol. The number of hydrogen-bond acceptors (Lipinski definition) is 7. The Labute approximate surface area is 170 Å². The first-order valence-corrected chi connectivity index (χ1v) is 9.80. The zero-order valence-corrected chi connectivity index (χ0v) is 16.1. The van der Waals surface area contributed by atoms with Crippen molar-refractivity contribution in [2.45, 2.75) is 10.8 Å². The number of rotatable bonds is 4. The van der Waals surface area contributed by atoms with Gasteiger partial charge in [-0.1, -0.05) is 12.1 Å². The van der Waals surface area contributed by atoms with E-state index in [1.807, 2.05) is 30.5 Å². The summed E-state index contributed by atoms with van der Waals surface area (Å²) in [5.41, 5.74) is 9.12. The average molecular weight is 405 g/mol. The van der Waals surface area contributed by atoms with Gasteiger partial charge in [0.15, 0.2) is 0 Å². The molecule has 1 aromatic heterocycles. The number of nitrogens with zero attached hydrogens (tertiary/aromatic N) is 3. The van der Waals surface area contributed by atoms with Crippen molar-refractivity contribution in [3.05, 3.63) is 81.2 Å². The van der Waals surface area contributed by atoms with Crippen molar-refractivity contribution in [2.24, 2.45) is 5.73 Å². The van der Waals surface area contributed by atoms with Crippen molar-refractivity contribution in [1.82, 2.24) is 10.2 Å². The molecule has 9 heteroatoms. The second kappa shape index (κ2) is 7.33. The first-order valence-electron chi connectivity index (χ1n) is 8.58. The molecule has 144 valence electrons. The summed E-state index contributed by atoms with van der Waals surface area (Å²) in [6.45, 7) is 0. The Morgan fingerprint density at radius 3 is 2.52 bits per heavy atom. The van der Waals surface area contributed by atoms with Crippen molar-refractivity contribution in [1.29, 1.82) is 5.26 Å². The Morgan fingerprint density at radius 1 is 1.24 bits per heavy atom. The number of hydrogen-bond donors (Lipinski definition) is 2. The number of allylic oxidation sites excluding steroid dienone is 1. The number of nitro groups is 1. The van der Waals surface area contributed by atoms with Gasteiger partial charge in [-0.05, 0) is 36.1 Å². The number of nitrogens with one attached hydrogen (secondary N) is 1. The number of aromatic nitrogens is 2. The van der Waals surface area contributed by atoms with Gasteiger partial charge in [0.1, 0.15) is 11.6 Å². The standard InChI is InChI=1S/C20H15N5O3S/c1-29-14-8-4-11(5-9-14)16-15(10-21)19(22)28-20-17(16)18(23-24-20)12-2-6-13(7-3-12)25(26)27/h2-9,16H,22H2,1H3,(H,23,24)/t16-/m0/s1. The molecule has 0 saturated carbocycles. The van der Waals surface area contributed by atoms with Crippen LogP contribution in [0.4, 0.5) is 5.69 Å². The van der Waals surface area contributed by atoms with Crippen LogP contribution in [0.2, 0.25) is 0 Å². The number of nitriles is 1. The maximum Gasteiger partial charge on any atom is 0.269 e. The topological polar surface area (TPSA) is 131 Å². The predicted octanol–water partition coefficient (Wildman–Crippen LogP) is 3.92. The molecule has 0 amide bonds. The van der Waals surface area contributed by atoms with Gasteiger partial charge >= 0.3 is 0 Å². The number of benzene rings is 2. The number of fused-ring (bicyclic) bond motifs is 1. The molecule has 0 aliphatic carbocycles. The van der Waals surface area contributed by atoms with Gasteiger partial charge in [0.05, 0.1) is 22.1 Å². The molecule has 8 nitrogen and oxygen atoms in total. The minimum Gasteiger partial charge on any atom is -0.420 e. The summed E-state index contributed by atoms with van der Waals surface area (Å²) in [5, 5.41) is 27.8. The molecule has 29 heavy (non-hydrogen) atoms. The highest BCUT2D eigenvalue weighted by atomic mass is 32.2. The summed E-state index contributed by atoms with van der Waals surface area (Å²) in [6, 6.07) is 16.1. The van der Waals surface area contributed by atoms with Crippen LogP contribution in [-0.2, 0) is 0 Å². The lowest BCUT2D eigenvalue weighted by molar-refractivity contribution is -0.384. The molecule has 0 bridgehead atoms. The van der Waals surface area contributed by atoms with Crippen molar-refractivity contribution in [3.8, 4) is 23.2 Å². The zero-order chi connectivity index (χ0) is 20.5. The van der Waals surface area contributed by atoms with Crippen molar-refractivity contribution in [3.63, 3.8) is 0 Å². The molecule has 2 heterocycles. The quantitative estimate of drug-likeness (QED) is 0.382. The fourth-order valence-corrected chi connectivity index (χ4v) is 3.75. The monoisotopic (exact) mass is 405 g/mol. The normalized spacial score (nSPS) is 15.4. The average Bonchev–Trinajstić information content (AvgIpc) is 3.16. The number of H-pyrrole nitrogens is 1. The summed E-state index contributed by atoms with van der Waals surface area (Å²) >= 11 is 1.62. The third kappa shape index (κ3) is 3.19. The molecule has 1 aliphatic rings. The lowest BCUT2D eigenvalue weighted by Crippen LogP contribution is -2.20. The van der Waals surface area contributed by atoms with Crippen LogP contribution < -0.4 is 10.5 Å². The molecule has 1 aliphatic heterocycles. The van der Waals surface area contributed by atoms with Crippen LogP contribution in [-0.4, -0.2) is 21.4 Å². The number of ether oxygens (including phenoxy) is 1. The summed E-state index contributed by atoms with van der Waals surface area (Å²) in [4.78, 5) is 11.6. The first kappa shape index (κ1) is 18.6. The van der Waals surface area contributed by atoms with Gasteiger partial charge < -0.3 is 10.5 Å². The van der Waals surface area contributed by atoms with E-state index in [1.165, 1.54) is 12.1 Å². The van der Waals surface area contributed by atoms with E-state index in [2.05, 4.69) is 16.3 Å². The highest BCUT2D eigenvalue weighted by Crippen LogP contribution is 2.45. The second-order valence-electron chi connectivity index (χ2n) is 6.32. The number of non-ortho nitro benzene ring substituents is 1. The Balaban J connectivity index is 1.87. The molecule has 0 fully saturated rings. The predicted molar refractivity (Wildman–Crippen MR) is 108 cm³/mol. The molecule has 3 aromatic rings. The highest BCUT2D eigenvalue weighted by molar-refractivity contribution is 7.98. The molecule has 1 atom stereocenters. The van der Waals surface area contributed by atoms with Gasteiger partial charge in [-0.25, -0.2) is 0 Å². The van der Waals surface area contributed by atoms with Crippen molar-refractivity contribution >= 4 is 17.4 Å². The SMILES string of the molecule is CSc1ccc([C@H]2C(C#N)=C(N)Oc3n[nH]c(-c4ccc([N+](=O)[O-])cc4)c32)cc1. The summed E-state index contributed by atoms with van der Waals surface area (Å²) in [7, 11) is 0. The van der Waals surface area contributed by atoms with E-state index >= 15 is 0 Å². The Kier molecular flexibility index (Phi) is 4.70. The van der Waals surface area contributed by atoms with Gasteiger partial charge in [0.2, 0.25) is 11.8 Å². The molecule has 3 N–H and O–H groups in total. The van der Waals surface area contributed by atoms with Crippen LogP contribution in [0, 0.1) is 21.4 Å². The third-order valence-electron chi connectivity index (χ3n) is 4.75. The van der Waals surface area contributed by atoms with Crippen LogP contribution in [0.3, 0.4) is 0 Å². The van der Waals surface area contributed by atoms with E-state index < -0.39 is 10.8 Å². The van der Waals surface area contributed by atoms with Gasteiger partial charge in [-0.15, -0.1) is 16.9 Å². The molecule has 2 aromatic carbocycles. The maximum atomic E-state index is 10.9. The number of thioether (sulfide) groups is 1. The van der Waals surface area contributed by atoms with Crippen LogP contribution in [0.1, 0.15) is 17.0 Å². The third-order valence-corrected chi connectivity index (χ3v) is 5.50. The smallest absolute Gasteiger partial charge is 0.269 e. The van der Waals surface area contributed by atoms with Crippen LogP contribution in [0.5, 0.6) is 5.88 Å². The van der Waals surface area contributed by atoms with Crippen molar-refractivity contribution < 1.29 is 9.66 Å². The van der Waals surface area contributed by atoms with Gasteiger partial charge in [-0.2, -0.15) is 5.26 Å². The van der Waals surface area contributed by atoms with Gasteiger partial charge in [0.25, 0.3) is 5.69 Å². The van der Waals surface area contributed by atoms with E-state index in [-0.39, 0.29) is 17.5 Å². The van der Waals surface area contributed by atoms with E-state index in [1.54, 1.807) is 23.9 Å². The number of nitro benzene ring substituents is 1. The number of nitrogens with two attached hydrogens (primary N) is 1. The molecule has 0 saturated heterocycles. The highest BCUT2D eigenvalue weighted by Gasteiger charge is 2.35. The van der Waals surface area contributed by atoms with Crippen LogP contribution >= 0.6 is 11.8 Å². The minimum atomic E-state index is -0.469. The largest absolute Gasteiger partial charge is 0.420 e. The Bertz CT molecular complexity index is 1160. The Hall–Kier alpha value is -3.77. The number of aromatic amines is 1. The molecule has 4 rings (SSSR count). The van der Waals surface area contributed by atoms with Crippen LogP contribution in [0.25, 0.3) is 11.3 Å². The van der Waals surface area contributed by atoms with Crippen molar-refractivity contribution in [2.75, 3.05) is 6.26 Å². The van der Waals surface area contributed by atoms with E-state index in [9.17, 15) is 15.4 Å². The van der Waals surface area contributed by atoms with Gasteiger partial charge in [0, 0.05) is 22.6 Å². The first-order chi connectivity index (χ1) is 14.0.